The predicted octanol–water partition coefficient (Wildman–Crippen LogP) is 4.71. The Kier molecular flexibility index (Phi) is 5.79. The molecule has 138 valence electrons. The van der Waals surface area contributed by atoms with Crippen LogP contribution in [0, 0.1) is 26.7 Å². The molecule has 0 radical (unpaired) electrons. The molecule has 3 aromatic rings. The highest BCUT2D eigenvalue weighted by Crippen LogP contribution is 2.34. The molecule has 1 unspecified atom stereocenters. The Morgan fingerprint density at radius 3 is 2.69 bits per heavy atom. The molecule has 8 heteroatoms. The van der Waals surface area contributed by atoms with Gasteiger partial charge in [0, 0.05) is 18.8 Å². The number of aromatic nitrogens is 3. The molecule has 0 saturated heterocycles. The SMILES string of the molecule is Cc1cc(C)n(CC(C)CNC(=O)c2sc(-c3ccc(Cl)s3)nc2C)n1. The van der Waals surface area contributed by atoms with Crippen molar-refractivity contribution in [2.24, 2.45) is 5.92 Å². The van der Waals surface area contributed by atoms with E-state index in [0.29, 0.717) is 11.4 Å². The quantitative estimate of drug-likeness (QED) is 0.642. The number of amides is 1. The lowest BCUT2D eigenvalue weighted by molar-refractivity contribution is 0.0950. The molecule has 1 atom stereocenters. The molecule has 26 heavy (non-hydrogen) atoms. The molecule has 3 aromatic heterocycles. The van der Waals surface area contributed by atoms with Crippen LogP contribution >= 0.6 is 34.3 Å². The Hall–Kier alpha value is -1.70. The number of nitrogens with zero attached hydrogens (tertiary/aromatic N) is 3. The number of halogens is 1. The second kappa shape index (κ2) is 7.90. The summed E-state index contributed by atoms with van der Waals surface area (Å²) >= 11 is 8.87. The van der Waals surface area contributed by atoms with E-state index in [2.05, 4.69) is 28.4 Å². The van der Waals surface area contributed by atoms with Crippen molar-refractivity contribution in [3.05, 3.63) is 44.5 Å². The molecule has 5 nitrogen and oxygen atoms in total. The highest BCUT2D eigenvalue weighted by molar-refractivity contribution is 7.24. The summed E-state index contributed by atoms with van der Waals surface area (Å²) in [5, 5.41) is 8.33. The zero-order valence-electron chi connectivity index (χ0n) is 15.2. The van der Waals surface area contributed by atoms with Gasteiger partial charge in [0.2, 0.25) is 0 Å². The molecule has 0 aliphatic heterocycles. The number of hydrogen-bond donors (Lipinski definition) is 1. The van der Waals surface area contributed by atoms with Gasteiger partial charge in [-0.1, -0.05) is 18.5 Å². The number of hydrogen-bond acceptors (Lipinski definition) is 5. The van der Waals surface area contributed by atoms with Crippen molar-refractivity contribution in [2.75, 3.05) is 6.54 Å². The average Bonchev–Trinajstić information content (AvgIpc) is 3.25. The summed E-state index contributed by atoms with van der Waals surface area (Å²) in [5.41, 5.74) is 2.90. The van der Waals surface area contributed by atoms with Crippen molar-refractivity contribution in [1.82, 2.24) is 20.1 Å². The predicted molar refractivity (Wildman–Crippen MR) is 108 cm³/mol. The zero-order valence-corrected chi connectivity index (χ0v) is 17.6. The van der Waals surface area contributed by atoms with Crippen LogP contribution in [0.3, 0.4) is 0 Å². The lowest BCUT2D eigenvalue weighted by atomic mass is 10.2. The fourth-order valence-corrected chi connectivity index (χ4v) is 4.79. The van der Waals surface area contributed by atoms with Crippen molar-refractivity contribution in [1.29, 1.82) is 0 Å². The summed E-state index contributed by atoms with van der Waals surface area (Å²) in [6, 6.07) is 5.84. The maximum atomic E-state index is 12.6. The Morgan fingerprint density at radius 2 is 2.08 bits per heavy atom. The van der Waals surface area contributed by atoms with Gasteiger partial charge >= 0.3 is 0 Å². The Balaban J connectivity index is 1.61. The normalized spacial score (nSPS) is 12.3. The van der Waals surface area contributed by atoms with Gasteiger partial charge in [-0.3, -0.25) is 9.48 Å². The van der Waals surface area contributed by atoms with Gasteiger partial charge < -0.3 is 5.32 Å². The molecule has 0 bridgehead atoms. The second-order valence-electron chi connectivity index (χ2n) is 6.46. The van der Waals surface area contributed by atoms with E-state index in [1.54, 1.807) is 0 Å². The highest BCUT2D eigenvalue weighted by Gasteiger charge is 2.18. The van der Waals surface area contributed by atoms with E-state index in [0.717, 1.165) is 37.8 Å². The van der Waals surface area contributed by atoms with Crippen LogP contribution in [0.2, 0.25) is 4.34 Å². The van der Waals surface area contributed by atoms with Crippen molar-refractivity contribution >= 4 is 40.2 Å². The van der Waals surface area contributed by atoms with Crippen LogP contribution in [0.4, 0.5) is 0 Å². The molecular formula is C18H21ClN4OS2. The number of nitrogens with one attached hydrogen (secondary N) is 1. The minimum absolute atomic E-state index is 0.0749. The highest BCUT2D eigenvalue weighted by atomic mass is 35.5. The van der Waals surface area contributed by atoms with Crippen LogP contribution in [-0.2, 0) is 6.54 Å². The zero-order chi connectivity index (χ0) is 18.8. The first kappa shape index (κ1) is 19.1. The molecule has 0 fully saturated rings. The second-order valence-corrected chi connectivity index (χ2v) is 9.18. The fraction of sp³-hybridized carbons (Fsp3) is 0.389. The standard InChI is InChI=1S/C18H21ClN4OS2/c1-10(9-23-12(3)7-11(2)22-23)8-20-17(24)16-13(4)21-18(26-16)14-5-6-15(19)25-14/h5-7,10H,8-9H2,1-4H3,(H,20,24). The van der Waals surface area contributed by atoms with Crippen molar-refractivity contribution in [3.8, 4) is 9.88 Å². The number of carbonyl (C=O) groups is 1. The summed E-state index contributed by atoms with van der Waals surface area (Å²) in [4.78, 5) is 18.7. The monoisotopic (exact) mass is 408 g/mol. The maximum Gasteiger partial charge on any atom is 0.263 e. The lowest BCUT2D eigenvalue weighted by Crippen LogP contribution is -2.30. The third-order valence-corrected chi connectivity index (χ3v) is 6.54. The number of rotatable bonds is 6. The molecular weight excluding hydrogens is 388 g/mol. The Morgan fingerprint density at radius 1 is 1.31 bits per heavy atom. The van der Waals surface area contributed by atoms with Crippen LogP contribution in [-0.4, -0.2) is 27.2 Å². The van der Waals surface area contributed by atoms with E-state index in [9.17, 15) is 4.79 Å². The molecule has 3 heterocycles. The summed E-state index contributed by atoms with van der Waals surface area (Å²) in [6.07, 6.45) is 0. The third-order valence-electron chi connectivity index (χ3n) is 3.99. The molecule has 3 rings (SSSR count). The molecule has 0 spiro atoms. The van der Waals surface area contributed by atoms with E-state index in [1.807, 2.05) is 37.6 Å². The topological polar surface area (TPSA) is 59.8 Å². The van der Waals surface area contributed by atoms with Gasteiger partial charge in [-0.05, 0) is 44.9 Å². The van der Waals surface area contributed by atoms with E-state index in [4.69, 9.17) is 11.6 Å². The van der Waals surface area contributed by atoms with Crippen LogP contribution in [0.1, 0.15) is 33.7 Å². The van der Waals surface area contributed by atoms with Crippen LogP contribution in [0.15, 0.2) is 18.2 Å². The van der Waals surface area contributed by atoms with Crippen molar-refractivity contribution < 1.29 is 4.79 Å². The summed E-state index contributed by atoms with van der Waals surface area (Å²) < 4.78 is 2.71. The van der Waals surface area contributed by atoms with Crippen LogP contribution in [0.25, 0.3) is 9.88 Å². The third kappa shape index (κ3) is 4.34. The first-order chi connectivity index (χ1) is 12.3. The number of carbonyl (C=O) groups excluding carboxylic acids is 1. The Bertz CT molecular complexity index is 928. The van der Waals surface area contributed by atoms with Gasteiger partial charge in [0.25, 0.3) is 5.91 Å². The molecule has 1 amide bonds. The molecule has 1 N–H and O–H groups in total. The van der Waals surface area contributed by atoms with Gasteiger partial charge in [0.05, 0.1) is 20.6 Å². The minimum atomic E-state index is -0.0749. The van der Waals surface area contributed by atoms with E-state index < -0.39 is 0 Å². The van der Waals surface area contributed by atoms with Crippen LogP contribution in [0.5, 0.6) is 0 Å². The number of aryl methyl sites for hydroxylation is 3. The largest absolute Gasteiger partial charge is 0.351 e. The molecule has 0 aliphatic rings. The molecule has 0 aromatic carbocycles. The van der Waals surface area contributed by atoms with E-state index >= 15 is 0 Å². The summed E-state index contributed by atoms with van der Waals surface area (Å²) in [7, 11) is 0. The smallest absolute Gasteiger partial charge is 0.263 e. The fourth-order valence-electron chi connectivity index (χ4n) is 2.71. The lowest BCUT2D eigenvalue weighted by Gasteiger charge is -2.13. The number of thiazole rings is 1. The van der Waals surface area contributed by atoms with E-state index in [1.165, 1.54) is 22.7 Å². The van der Waals surface area contributed by atoms with Gasteiger partial charge in [-0.15, -0.1) is 22.7 Å². The molecule has 0 saturated carbocycles. The van der Waals surface area contributed by atoms with Gasteiger partial charge in [0.15, 0.2) is 0 Å². The average molecular weight is 409 g/mol. The van der Waals surface area contributed by atoms with Crippen molar-refractivity contribution in [2.45, 2.75) is 34.2 Å². The van der Waals surface area contributed by atoms with E-state index in [-0.39, 0.29) is 11.8 Å². The van der Waals surface area contributed by atoms with Crippen LogP contribution < -0.4 is 5.32 Å². The first-order valence-electron chi connectivity index (χ1n) is 8.36. The first-order valence-corrected chi connectivity index (χ1v) is 10.4. The van der Waals surface area contributed by atoms with Crippen molar-refractivity contribution in [3.63, 3.8) is 0 Å². The summed E-state index contributed by atoms with van der Waals surface area (Å²) in [6.45, 7) is 9.37. The minimum Gasteiger partial charge on any atom is -0.351 e. The Labute approximate surface area is 166 Å². The van der Waals surface area contributed by atoms with Gasteiger partial charge in [-0.2, -0.15) is 5.10 Å². The molecule has 0 aliphatic carbocycles. The maximum absolute atomic E-state index is 12.6. The number of thiophene rings is 1. The van der Waals surface area contributed by atoms with Gasteiger partial charge in [0.1, 0.15) is 9.88 Å². The van der Waals surface area contributed by atoms with Gasteiger partial charge in [-0.25, -0.2) is 4.98 Å². The summed E-state index contributed by atoms with van der Waals surface area (Å²) in [5.74, 6) is 0.204.